The summed E-state index contributed by atoms with van der Waals surface area (Å²) < 4.78 is 0.486. The molecule has 2 nitrogen and oxygen atoms in total. The van der Waals surface area contributed by atoms with Crippen molar-refractivity contribution in [2.45, 2.75) is 0 Å². The van der Waals surface area contributed by atoms with Crippen LogP contribution in [0.2, 0.25) is 0 Å². The average molecular weight is 150 g/mol. The molecule has 0 bridgehead atoms. The summed E-state index contributed by atoms with van der Waals surface area (Å²) in [6.07, 6.45) is 1.77. The van der Waals surface area contributed by atoms with Gasteiger partial charge in [0.1, 0.15) is 4.32 Å². The molecule has 0 aromatic rings. The molecule has 0 saturated carbocycles. The molecule has 0 radical (unpaired) electrons. The van der Waals surface area contributed by atoms with E-state index in [4.69, 9.17) is 5.73 Å². The van der Waals surface area contributed by atoms with Crippen molar-refractivity contribution in [1.82, 2.24) is 6.15 Å². The maximum Gasteiger partial charge on any atom is 0.131 e. The predicted octanol–water partition coefficient (Wildman–Crippen LogP) is 1.31. The predicted molar refractivity (Wildman–Crippen MR) is 44.5 cm³/mol. The van der Waals surface area contributed by atoms with Crippen LogP contribution < -0.4 is 11.9 Å². The minimum absolute atomic E-state index is 0. The lowest BCUT2D eigenvalue weighted by Crippen LogP contribution is -2.01. The van der Waals surface area contributed by atoms with Crippen LogP contribution in [0.4, 0.5) is 0 Å². The Morgan fingerprint density at radius 1 is 1.88 bits per heavy atom. The number of nitrogens with two attached hydrogens (primary N) is 1. The standard InChI is InChI=1S/C4H7NS2.H3N/c1-2-3-7-4(5)6;/h2H,1,3H2,(H2,5,6);1H3. The fraction of sp³-hybridized carbons (Fsp3) is 0.250. The van der Waals surface area contributed by atoms with Gasteiger partial charge in [-0.3, -0.25) is 0 Å². The van der Waals surface area contributed by atoms with Crippen molar-refractivity contribution in [3.8, 4) is 0 Å². The van der Waals surface area contributed by atoms with E-state index in [1.54, 1.807) is 6.08 Å². The quantitative estimate of drug-likeness (QED) is 0.460. The molecule has 0 aromatic carbocycles. The lowest BCUT2D eigenvalue weighted by atomic mass is 10.8. The molecule has 5 N–H and O–H groups in total. The number of rotatable bonds is 2. The Balaban J connectivity index is 0. The smallest absolute Gasteiger partial charge is 0.131 e. The lowest BCUT2D eigenvalue weighted by Gasteiger charge is -1.87. The number of hydrogen-bond acceptors (Lipinski definition) is 3. The van der Waals surface area contributed by atoms with Gasteiger partial charge in [-0.2, -0.15) is 0 Å². The van der Waals surface area contributed by atoms with E-state index in [1.807, 2.05) is 0 Å². The topological polar surface area (TPSA) is 61.0 Å². The molecule has 0 spiro atoms. The first-order chi connectivity index (χ1) is 3.27. The molecule has 8 heavy (non-hydrogen) atoms. The summed E-state index contributed by atoms with van der Waals surface area (Å²) >= 11 is 5.98. The molecule has 0 heterocycles. The van der Waals surface area contributed by atoms with Gasteiger partial charge in [-0.25, -0.2) is 0 Å². The van der Waals surface area contributed by atoms with Gasteiger partial charge < -0.3 is 11.9 Å². The largest absolute Gasteiger partial charge is 0.385 e. The van der Waals surface area contributed by atoms with Gasteiger partial charge in [0.25, 0.3) is 0 Å². The number of thioether (sulfide) groups is 1. The molecule has 0 atom stereocenters. The molecular formula is C4H10N2S2. The molecule has 0 aliphatic rings. The van der Waals surface area contributed by atoms with Crippen LogP contribution in [0.1, 0.15) is 0 Å². The summed E-state index contributed by atoms with van der Waals surface area (Å²) in [6.45, 7) is 3.50. The van der Waals surface area contributed by atoms with Gasteiger partial charge in [0.2, 0.25) is 0 Å². The summed E-state index contributed by atoms with van der Waals surface area (Å²) in [5.74, 6) is 0.815. The van der Waals surface area contributed by atoms with E-state index in [-0.39, 0.29) is 6.15 Å². The molecule has 48 valence electrons. The van der Waals surface area contributed by atoms with Crippen molar-refractivity contribution in [2.24, 2.45) is 5.73 Å². The second kappa shape index (κ2) is 6.94. The second-order valence-corrected chi connectivity index (χ2v) is 2.68. The number of hydrogen-bond donors (Lipinski definition) is 2. The Morgan fingerprint density at radius 2 is 2.38 bits per heavy atom. The van der Waals surface area contributed by atoms with Gasteiger partial charge in [0.05, 0.1) is 0 Å². The summed E-state index contributed by atoms with van der Waals surface area (Å²) in [7, 11) is 0. The van der Waals surface area contributed by atoms with E-state index < -0.39 is 0 Å². The molecule has 0 unspecified atom stereocenters. The van der Waals surface area contributed by atoms with Crippen LogP contribution >= 0.6 is 24.0 Å². The summed E-state index contributed by atoms with van der Waals surface area (Å²) in [6, 6.07) is 0. The number of thiocarbonyl (C=S) groups is 1. The SMILES string of the molecule is C=CCSC(N)=S.N. The van der Waals surface area contributed by atoms with Crippen molar-refractivity contribution in [3.05, 3.63) is 12.7 Å². The van der Waals surface area contributed by atoms with Gasteiger partial charge in [-0.1, -0.05) is 30.1 Å². The van der Waals surface area contributed by atoms with Gasteiger partial charge in [-0.05, 0) is 0 Å². The van der Waals surface area contributed by atoms with Crippen molar-refractivity contribution in [3.63, 3.8) is 0 Å². The first-order valence-electron chi connectivity index (χ1n) is 1.80. The van der Waals surface area contributed by atoms with E-state index in [0.29, 0.717) is 4.32 Å². The first-order valence-corrected chi connectivity index (χ1v) is 3.20. The fourth-order valence-electron chi connectivity index (χ4n) is 0.141. The van der Waals surface area contributed by atoms with Gasteiger partial charge in [0, 0.05) is 5.75 Å². The van der Waals surface area contributed by atoms with Crippen LogP contribution in [0.15, 0.2) is 12.7 Å². The van der Waals surface area contributed by atoms with E-state index in [0.717, 1.165) is 5.75 Å². The minimum atomic E-state index is 0. The van der Waals surface area contributed by atoms with Crippen molar-refractivity contribution in [2.75, 3.05) is 5.75 Å². The third-order valence-electron chi connectivity index (χ3n) is 0.343. The molecule has 0 aromatic heterocycles. The first kappa shape index (κ1) is 10.8. The molecule has 0 aliphatic carbocycles. The van der Waals surface area contributed by atoms with E-state index in [9.17, 15) is 0 Å². The molecule has 0 saturated heterocycles. The monoisotopic (exact) mass is 150 g/mol. The third kappa shape index (κ3) is 9.34. The van der Waals surface area contributed by atoms with Crippen LogP contribution in [-0.4, -0.2) is 10.1 Å². The molecular weight excluding hydrogens is 140 g/mol. The van der Waals surface area contributed by atoms with Crippen LogP contribution in [0.25, 0.3) is 0 Å². The highest BCUT2D eigenvalue weighted by atomic mass is 32.2. The molecule has 4 heteroatoms. The summed E-state index contributed by atoms with van der Waals surface area (Å²) in [5, 5.41) is 0. The molecule has 0 fully saturated rings. The van der Waals surface area contributed by atoms with E-state index in [2.05, 4.69) is 18.8 Å². The fourth-order valence-corrected chi connectivity index (χ4v) is 0.627. The van der Waals surface area contributed by atoms with Crippen molar-refractivity contribution in [1.29, 1.82) is 0 Å². The normalized spacial score (nSPS) is 7.00. The zero-order chi connectivity index (χ0) is 5.70. The van der Waals surface area contributed by atoms with Crippen LogP contribution in [0, 0.1) is 0 Å². The summed E-state index contributed by atoms with van der Waals surface area (Å²) in [4.78, 5) is 0. The average Bonchev–Trinajstić information content (AvgIpc) is 1.61. The zero-order valence-electron chi connectivity index (χ0n) is 4.59. The Kier molecular flexibility index (Phi) is 9.40. The minimum Gasteiger partial charge on any atom is -0.385 e. The maximum atomic E-state index is 5.13. The van der Waals surface area contributed by atoms with Crippen molar-refractivity contribution < 1.29 is 0 Å². The highest BCUT2D eigenvalue weighted by Crippen LogP contribution is 1.97. The van der Waals surface area contributed by atoms with Crippen LogP contribution in [0.3, 0.4) is 0 Å². The zero-order valence-corrected chi connectivity index (χ0v) is 6.23. The van der Waals surface area contributed by atoms with Crippen LogP contribution in [0.5, 0.6) is 0 Å². The van der Waals surface area contributed by atoms with Crippen molar-refractivity contribution >= 4 is 28.3 Å². The highest BCUT2D eigenvalue weighted by Gasteiger charge is 1.81. The van der Waals surface area contributed by atoms with Gasteiger partial charge in [0.15, 0.2) is 0 Å². The highest BCUT2D eigenvalue weighted by molar-refractivity contribution is 8.23. The maximum absolute atomic E-state index is 5.13. The van der Waals surface area contributed by atoms with E-state index in [1.165, 1.54) is 11.8 Å². The Labute approximate surface area is 59.1 Å². The summed E-state index contributed by atoms with van der Waals surface area (Å²) in [5.41, 5.74) is 5.13. The second-order valence-electron chi connectivity index (χ2n) is 0.919. The van der Waals surface area contributed by atoms with Gasteiger partial charge in [-0.15, -0.1) is 6.58 Å². The lowest BCUT2D eigenvalue weighted by molar-refractivity contribution is 1.82. The Hall–Kier alpha value is -0.0600. The molecule has 0 aliphatic heterocycles. The molecule has 0 rings (SSSR count). The van der Waals surface area contributed by atoms with E-state index >= 15 is 0 Å². The van der Waals surface area contributed by atoms with Crippen LogP contribution in [-0.2, 0) is 0 Å². The van der Waals surface area contributed by atoms with Gasteiger partial charge >= 0.3 is 0 Å². The Morgan fingerprint density at radius 3 is 2.50 bits per heavy atom. The Bertz CT molecular complexity index is 82.1. The third-order valence-corrected chi connectivity index (χ3v) is 1.38. The molecule has 0 amide bonds.